The molecular weight excluding hydrogens is 546 g/mol. The van der Waals surface area contributed by atoms with Crippen LogP contribution in [-0.2, 0) is 11.3 Å². The lowest BCUT2D eigenvalue weighted by Crippen LogP contribution is -2.48. The second-order valence-corrected chi connectivity index (χ2v) is 11.7. The first kappa shape index (κ1) is 31.6. The quantitative estimate of drug-likeness (QED) is 0.359. The number of rotatable bonds is 8. The van der Waals surface area contributed by atoms with Crippen LogP contribution in [0, 0.1) is 6.92 Å². The van der Waals surface area contributed by atoms with E-state index in [-0.39, 0.29) is 6.54 Å². The number of piperazine rings is 1. The molecule has 12 heteroatoms. The Morgan fingerprint density at radius 1 is 1.18 bits per heavy atom. The molecule has 0 spiro atoms. The molecule has 2 N–H and O–H groups in total. The van der Waals surface area contributed by atoms with E-state index in [0.29, 0.717) is 44.2 Å². The Kier molecular flexibility index (Phi) is 12.4. The lowest BCUT2D eigenvalue weighted by atomic mass is 10.2. The zero-order chi connectivity index (χ0) is 29.1. The monoisotopic (exact) mass is 587 g/mol. The van der Waals surface area contributed by atoms with Gasteiger partial charge in [0.25, 0.3) is 0 Å². The standard InChI is InChI=1S/C15H21N3S2.C11H14N4O3.C2H6/c1-10-5-4-6-18(10)8-13-14(17-15(16-3)20-13)12-7-11(2)19-9-12;16-8-9-5-13-10(6-12-9)15-3-1-14(2-4-15)7-11(17)18;1-2/h7,9-10H,4-6,8H2,1-3H3,(H,16,17);5-6,8H,1-4,7H2,(H,17,18);1-2H3. The molecule has 0 aromatic carbocycles. The summed E-state index contributed by atoms with van der Waals surface area (Å²) < 4.78 is 0. The summed E-state index contributed by atoms with van der Waals surface area (Å²) in [5, 5.41) is 15.1. The van der Waals surface area contributed by atoms with Gasteiger partial charge in [-0.25, -0.2) is 15.0 Å². The van der Waals surface area contributed by atoms with Crippen molar-refractivity contribution in [2.45, 2.75) is 53.1 Å². The molecule has 0 amide bonds. The van der Waals surface area contributed by atoms with Crippen LogP contribution in [0.5, 0.6) is 0 Å². The summed E-state index contributed by atoms with van der Waals surface area (Å²) in [7, 11) is 1.95. The lowest BCUT2D eigenvalue weighted by molar-refractivity contribution is -0.138. The smallest absolute Gasteiger partial charge is 0.317 e. The molecule has 40 heavy (non-hydrogen) atoms. The number of aromatic nitrogens is 3. The van der Waals surface area contributed by atoms with Crippen molar-refractivity contribution in [1.29, 1.82) is 0 Å². The van der Waals surface area contributed by atoms with Gasteiger partial charge < -0.3 is 15.3 Å². The topological polar surface area (TPSA) is 115 Å². The fraction of sp³-hybridized carbons (Fsp3) is 0.536. The van der Waals surface area contributed by atoms with E-state index in [0.717, 1.165) is 17.5 Å². The summed E-state index contributed by atoms with van der Waals surface area (Å²) in [4.78, 5) is 43.1. The number of thiophene rings is 1. The molecule has 10 nitrogen and oxygen atoms in total. The van der Waals surface area contributed by atoms with Gasteiger partial charge in [0, 0.05) is 66.5 Å². The maximum Gasteiger partial charge on any atom is 0.317 e. The third kappa shape index (κ3) is 8.79. The largest absolute Gasteiger partial charge is 0.480 e. The molecule has 0 bridgehead atoms. The van der Waals surface area contributed by atoms with E-state index in [2.05, 4.69) is 45.5 Å². The first-order valence-electron chi connectivity index (χ1n) is 13.8. The highest BCUT2D eigenvalue weighted by Gasteiger charge is 2.24. The van der Waals surface area contributed by atoms with Crippen LogP contribution in [0.25, 0.3) is 11.3 Å². The molecular formula is C28H41N7O3S2. The Labute approximate surface area is 245 Å². The second-order valence-electron chi connectivity index (χ2n) is 9.52. The zero-order valence-corrected chi connectivity index (χ0v) is 25.7. The van der Waals surface area contributed by atoms with E-state index in [9.17, 15) is 9.59 Å². The van der Waals surface area contributed by atoms with Crippen LogP contribution >= 0.6 is 22.7 Å². The average Bonchev–Trinajstić information content (AvgIpc) is 3.70. The van der Waals surface area contributed by atoms with E-state index in [1.807, 2.05) is 30.7 Å². The number of thiazole rings is 1. The molecule has 0 radical (unpaired) electrons. The van der Waals surface area contributed by atoms with Crippen molar-refractivity contribution in [3.63, 3.8) is 0 Å². The number of carboxylic acid groups (broad SMARTS) is 1. The normalized spacial score (nSPS) is 17.4. The van der Waals surface area contributed by atoms with Crippen molar-refractivity contribution in [2.24, 2.45) is 0 Å². The van der Waals surface area contributed by atoms with E-state index in [1.54, 1.807) is 28.9 Å². The van der Waals surface area contributed by atoms with Gasteiger partial charge in [0.2, 0.25) is 0 Å². The third-order valence-electron chi connectivity index (χ3n) is 6.79. The Morgan fingerprint density at radius 3 is 2.45 bits per heavy atom. The first-order valence-corrected chi connectivity index (χ1v) is 15.5. The minimum Gasteiger partial charge on any atom is -0.480 e. The molecule has 0 saturated carbocycles. The summed E-state index contributed by atoms with van der Waals surface area (Å²) in [6, 6.07) is 2.95. The van der Waals surface area contributed by atoms with Gasteiger partial charge >= 0.3 is 5.97 Å². The maximum absolute atomic E-state index is 10.6. The van der Waals surface area contributed by atoms with Crippen LogP contribution in [0.1, 0.15) is 53.9 Å². The molecule has 2 aliphatic rings. The molecule has 5 heterocycles. The molecule has 2 aliphatic heterocycles. The van der Waals surface area contributed by atoms with E-state index < -0.39 is 5.97 Å². The van der Waals surface area contributed by atoms with Crippen molar-refractivity contribution >= 4 is 45.9 Å². The highest BCUT2D eigenvalue weighted by molar-refractivity contribution is 7.16. The van der Waals surface area contributed by atoms with Gasteiger partial charge in [-0.3, -0.25) is 19.4 Å². The van der Waals surface area contributed by atoms with Crippen molar-refractivity contribution in [3.8, 4) is 11.3 Å². The average molecular weight is 588 g/mol. The number of hydrogen-bond acceptors (Lipinski definition) is 11. The number of carbonyl (C=O) groups excluding carboxylic acids is 1. The van der Waals surface area contributed by atoms with E-state index in [1.165, 1.54) is 46.6 Å². The minimum atomic E-state index is -0.807. The first-order chi connectivity index (χ1) is 19.4. The Morgan fingerprint density at radius 2 is 1.93 bits per heavy atom. The Bertz CT molecular complexity index is 1210. The SMILES string of the molecule is CC.CNc1nc(-c2csc(C)c2)c(CN2CCCC2C)s1.O=Cc1cnc(N2CCN(CC(=O)O)CC2)cn1. The number of nitrogens with one attached hydrogen (secondary N) is 1. The van der Waals surface area contributed by atoms with E-state index in [4.69, 9.17) is 10.1 Å². The van der Waals surface area contributed by atoms with Gasteiger partial charge in [-0.15, -0.1) is 22.7 Å². The van der Waals surface area contributed by atoms with Crippen molar-refractivity contribution in [2.75, 3.05) is 56.5 Å². The number of aldehydes is 1. The molecule has 0 aliphatic carbocycles. The third-order valence-corrected chi connectivity index (χ3v) is 8.71. The van der Waals surface area contributed by atoms with Crippen LogP contribution in [0.15, 0.2) is 23.8 Å². The number of aliphatic carboxylic acids is 1. The minimum absolute atomic E-state index is 0.0730. The fourth-order valence-corrected chi connectivity index (χ4v) is 6.30. The number of likely N-dealkylation sites (tertiary alicyclic amines) is 1. The van der Waals surface area contributed by atoms with Gasteiger partial charge in [0.05, 0.1) is 24.6 Å². The summed E-state index contributed by atoms with van der Waals surface area (Å²) in [6.07, 6.45) is 6.31. The number of hydrogen-bond donors (Lipinski definition) is 2. The van der Waals surface area contributed by atoms with Gasteiger partial charge in [0.15, 0.2) is 11.4 Å². The fourth-order valence-electron chi connectivity index (χ4n) is 4.65. The molecule has 1 atom stereocenters. The number of carboxylic acids is 1. The van der Waals surface area contributed by atoms with Crippen LogP contribution in [0.3, 0.4) is 0 Å². The van der Waals surface area contributed by atoms with Crippen molar-refractivity contribution < 1.29 is 14.7 Å². The highest BCUT2D eigenvalue weighted by atomic mass is 32.1. The predicted octanol–water partition coefficient (Wildman–Crippen LogP) is 4.73. The summed E-state index contributed by atoms with van der Waals surface area (Å²) in [5.41, 5.74) is 2.75. The Balaban J connectivity index is 0.000000209. The van der Waals surface area contributed by atoms with Gasteiger partial charge in [-0.05, 0) is 39.3 Å². The van der Waals surface area contributed by atoms with E-state index >= 15 is 0 Å². The van der Waals surface area contributed by atoms with Crippen LogP contribution in [0.2, 0.25) is 0 Å². The molecule has 3 aromatic heterocycles. The van der Waals surface area contributed by atoms with Gasteiger partial charge in [0.1, 0.15) is 11.5 Å². The highest BCUT2D eigenvalue weighted by Crippen LogP contribution is 2.35. The lowest BCUT2D eigenvalue weighted by Gasteiger charge is -2.34. The molecule has 2 fully saturated rings. The molecule has 3 aromatic rings. The van der Waals surface area contributed by atoms with Crippen LogP contribution in [-0.4, -0.2) is 94.5 Å². The molecule has 218 valence electrons. The molecule has 5 rings (SSSR count). The molecule has 2 saturated heterocycles. The van der Waals surface area contributed by atoms with Gasteiger partial charge in [-0.1, -0.05) is 13.8 Å². The number of aryl methyl sites for hydroxylation is 1. The number of nitrogens with zero attached hydrogens (tertiary/aromatic N) is 6. The maximum atomic E-state index is 10.6. The predicted molar refractivity (Wildman–Crippen MR) is 164 cm³/mol. The summed E-state index contributed by atoms with van der Waals surface area (Å²) in [5.74, 6) is -0.0887. The number of carbonyl (C=O) groups is 2. The van der Waals surface area contributed by atoms with Gasteiger partial charge in [-0.2, -0.15) is 0 Å². The van der Waals surface area contributed by atoms with Crippen LogP contribution in [0.4, 0.5) is 10.9 Å². The van der Waals surface area contributed by atoms with Crippen molar-refractivity contribution in [1.82, 2.24) is 24.8 Å². The number of anilines is 2. The second kappa shape index (κ2) is 15.8. The van der Waals surface area contributed by atoms with Crippen LogP contribution < -0.4 is 10.2 Å². The Hall–Kier alpha value is -2.93. The summed E-state index contributed by atoms with van der Waals surface area (Å²) in [6.45, 7) is 13.6. The van der Waals surface area contributed by atoms with Crippen molar-refractivity contribution in [3.05, 3.63) is 39.3 Å². The summed E-state index contributed by atoms with van der Waals surface area (Å²) >= 11 is 3.59. The zero-order valence-electron chi connectivity index (χ0n) is 24.1. The molecule has 1 unspecified atom stereocenters.